The van der Waals surface area contributed by atoms with E-state index in [1.807, 2.05) is 62.4 Å². The van der Waals surface area contributed by atoms with E-state index in [9.17, 15) is 9.90 Å². The van der Waals surface area contributed by atoms with Gasteiger partial charge in [0.1, 0.15) is 0 Å². The van der Waals surface area contributed by atoms with Crippen LogP contribution in [0, 0.1) is 13.8 Å². The van der Waals surface area contributed by atoms with E-state index in [4.69, 9.17) is 0 Å². The summed E-state index contributed by atoms with van der Waals surface area (Å²) in [6.45, 7) is 5.81. The van der Waals surface area contributed by atoms with E-state index in [-0.39, 0.29) is 0 Å². The predicted octanol–water partition coefficient (Wildman–Crippen LogP) is 3.89. The smallest absolute Gasteiger partial charge is 0.314 e. The van der Waals surface area contributed by atoms with E-state index in [0.717, 1.165) is 22.3 Å². The second-order valence-corrected chi connectivity index (χ2v) is 5.61. The molecule has 0 spiro atoms. The molecule has 0 aromatic heterocycles. The molecule has 0 saturated heterocycles. The fraction of sp³-hybridized carbons (Fsp3) is 0.278. The van der Waals surface area contributed by atoms with Crippen LogP contribution in [-0.2, 0) is 16.6 Å². The Bertz CT molecular complexity index is 631. The highest BCUT2D eigenvalue weighted by atomic mass is 16.4. The van der Waals surface area contributed by atoms with Gasteiger partial charge < -0.3 is 5.11 Å². The molecule has 2 heteroatoms. The molecule has 0 heterocycles. The van der Waals surface area contributed by atoms with Gasteiger partial charge in [0.05, 0.1) is 5.41 Å². The van der Waals surface area contributed by atoms with Gasteiger partial charge in [-0.1, -0.05) is 54.1 Å². The number of benzene rings is 2. The molecule has 0 amide bonds. The summed E-state index contributed by atoms with van der Waals surface area (Å²) in [5.74, 6) is -0.786. The third kappa shape index (κ3) is 2.74. The number of carbonyl (C=O) groups is 1. The van der Waals surface area contributed by atoms with Crippen molar-refractivity contribution in [3.05, 3.63) is 70.8 Å². The summed E-state index contributed by atoms with van der Waals surface area (Å²) in [5, 5.41) is 9.73. The van der Waals surface area contributed by atoms with Crippen LogP contribution in [-0.4, -0.2) is 11.1 Å². The molecule has 2 aromatic carbocycles. The van der Waals surface area contributed by atoms with Crippen molar-refractivity contribution in [3.63, 3.8) is 0 Å². The average molecular weight is 268 g/mol. The number of hydrogen-bond donors (Lipinski definition) is 1. The molecule has 104 valence electrons. The summed E-state index contributed by atoms with van der Waals surface area (Å²) < 4.78 is 0. The van der Waals surface area contributed by atoms with Crippen LogP contribution in [0.2, 0.25) is 0 Å². The molecule has 0 radical (unpaired) electrons. The maximum Gasteiger partial charge on any atom is 0.314 e. The summed E-state index contributed by atoms with van der Waals surface area (Å²) in [4.78, 5) is 11.8. The van der Waals surface area contributed by atoms with Crippen molar-refractivity contribution in [2.24, 2.45) is 0 Å². The summed E-state index contributed by atoms with van der Waals surface area (Å²) in [6, 6.07) is 15.7. The Morgan fingerprint density at radius 2 is 1.80 bits per heavy atom. The van der Waals surface area contributed by atoms with Crippen LogP contribution in [0.15, 0.2) is 48.5 Å². The van der Waals surface area contributed by atoms with Crippen LogP contribution >= 0.6 is 0 Å². The van der Waals surface area contributed by atoms with Crippen molar-refractivity contribution >= 4 is 5.97 Å². The highest BCUT2D eigenvalue weighted by molar-refractivity contribution is 5.81. The number of aryl methyl sites for hydroxylation is 2. The van der Waals surface area contributed by atoms with Gasteiger partial charge in [0.15, 0.2) is 0 Å². The highest BCUT2D eigenvalue weighted by Gasteiger charge is 2.35. The first kappa shape index (κ1) is 14.3. The Morgan fingerprint density at radius 1 is 1.10 bits per heavy atom. The van der Waals surface area contributed by atoms with Crippen LogP contribution < -0.4 is 0 Å². The molecule has 0 aliphatic heterocycles. The molecule has 1 N–H and O–H groups in total. The minimum atomic E-state index is -0.905. The predicted molar refractivity (Wildman–Crippen MR) is 81.0 cm³/mol. The first-order valence-electron chi connectivity index (χ1n) is 6.78. The average Bonchev–Trinajstić information content (AvgIpc) is 2.41. The van der Waals surface area contributed by atoms with Crippen LogP contribution in [0.4, 0.5) is 0 Å². The summed E-state index contributed by atoms with van der Waals surface area (Å²) >= 11 is 0. The summed E-state index contributed by atoms with van der Waals surface area (Å²) in [7, 11) is 0. The van der Waals surface area contributed by atoms with Crippen molar-refractivity contribution in [1.82, 2.24) is 0 Å². The van der Waals surface area contributed by atoms with Crippen molar-refractivity contribution < 1.29 is 9.90 Å². The molecule has 0 aliphatic carbocycles. The van der Waals surface area contributed by atoms with Gasteiger partial charge in [-0.2, -0.15) is 0 Å². The minimum absolute atomic E-state index is 0.498. The third-order valence-corrected chi connectivity index (χ3v) is 3.93. The van der Waals surface area contributed by atoms with Gasteiger partial charge in [-0.3, -0.25) is 4.79 Å². The largest absolute Gasteiger partial charge is 0.481 e. The standard InChI is InChI=1S/C18H20O2/c1-13-7-6-10-16(11-13)18(3,17(19)20)12-15-9-5-4-8-14(15)2/h4-11H,12H2,1-3H3,(H,19,20). The van der Waals surface area contributed by atoms with E-state index in [1.165, 1.54) is 0 Å². The minimum Gasteiger partial charge on any atom is -0.481 e. The maximum absolute atomic E-state index is 11.8. The molecular weight excluding hydrogens is 248 g/mol. The van der Waals surface area contributed by atoms with Gasteiger partial charge in [-0.15, -0.1) is 0 Å². The van der Waals surface area contributed by atoms with E-state index < -0.39 is 11.4 Å². The number of carboxylic acid groups (broad SMARTS) is 1. The lowest BCUT2D eigenvalue weighted by Crippen LogP contribution is -2.35. The molecule has 0 saturated carbocycles. The molecule has 2 rings (SSSR count). The Labute approximate surface area is 120 Å². The van der Waals surface area contributed by atoms with Crippen LogP contribution in [0.25, 0.3) is 0 Å². The Morgan fingerprint density at radius 3 is 2.40 bits per heavy atom. The zero-order valence-corrected chi connectivity index (χ0v) is 12.2. The Balaban J connectivity index is 2.46. The zero-order chi connectivity index (χ0) is 14.8. The van der Waals surface area contributed by atoms with Gasteiger partial charge in [0, 0.05) is 0 Å². The first-order valence-corrected chi connectivity index (χ1v) is 6.78. The van der Waals surface area contributed by atoms with Crippen molar-refractivity contribution in [3.8, 4) is 0 Å². The van der Waals surface area contributed by atoms with E-state index in [0.29, 0.717) is 6.42 Å². The van der Waals surface area contributed by atoms with Gasteiger partial charge >= 0.3 is 5.97 Å². The monoisotopic (exact) mass is 268 g/mol. The maximum atomic E-state index is 11.8. The fourth-order valence-electron chi connectivity index (χ4n) is 2.48. The number of rotatable bonds is 4. The summed E-state index contributed by atoms with van der Waals surface area (Å²) in [5.41, 5.74) is 3.25. The molecule has 1 unspecified atom stereocenters. The van der Waals surface area contributed by atoms with Crippen molar-refractivity contribution in [1.29, 1.82) is 0 Å². The molecule has 0 bridgehead atoms. The topological polar surface area (TPSA) is 37.3 Å². The lowest BCUT2D eigenvalue weighted by molar-refractivity contribution is -0.143. The zero-order valence-electron chi connectivity index (χ0n) is 12.2. The van der Waals surface area contributed by atoms with Crippen molar-refractivity contribution in [2.45, 2.75) is 32.6 Å². The molecule has 2 aromatic rings. The van der Waals surface area contributed by atoms with Gasteiger partial charge in [0.2, 0.25) is 0 Å². The lowest BCUT2D eigenvalue weighted by atomic mass is 9.76. The Hall–Kier alpha value is -2.09. The van der Waals surface area contributed by atoms with Crippen LogP contribution in [0.1, 0.15) is 29.2 Å². The highest BCUT2D eigenvalue weighted by Crippen LogP contribution is 2.30. The first-order chi connectivity index (χ1) is 9.43. The molecule has 20 heavy (non-hydrogen) atoms. The van der Waals surface area contributed by atoms with E-state index in [1.54, 1.807) is 6.92 Å². The quantitative estimate of drug-likeness (QED) is 0.913. The molecule has 0 fully saturated rings. The van der Waals surface area contributed by atoms with Gasteiger partial charge in [-0.05, 0) is 43.9 Å². The van der Waals surface area contributed by atoms with Crippen LogP contribution in [0.3, 0.4) is 0 Å². The van der Waals surface area contributed by atoms with Crippen LogP contribution in [0.5, 0.6) is 0 Å². The van der Waals surface area contributed by atoms with Crippen molar-refractivity contribution in [2.75, 3.05) is 0 Å². The van der Waals surface area contributed by atoms with E-state index in [2.05, 4.69) is 0 Å². The molecule has 2 nitrogen and oxygen atoms in total. The summed E-state index contributed by atoms with van der Waals surface area (Å²) in [6.07, 6.45) is 0.498. The second-order valence-electron chi connectivity index (χ2n) is 5.61. The Kier molecular flexibility index (Phi) is 3.93. The molecule has 0 aliphatic rings. The number of aliphatic carboxylic acids is 1. The second kappa shape index (κ2) is 5.49. The third-order valence-electron chi connectivity index (χ3n) is 3.93. The number of carboxylic acids is 1. The van der Waals surface area contributed by atoms with Gasteiger partial charge in [0.25, 0.3) is 0 Å². The molecule has 1 atom stereocenters. The van der Waals surface area contributed by atoms with Gasteiger partial charge in [-0.25, -0.2) is 0 Å². The molecular formula is C18H20O2. The normalized spacial score (nSPS) is 13.8. The fourth-order valence-corrected chi connectivity index (χ4v) is 2.48. The SMILES string of the molecule is Cc1cccc(C(C)(Cc2ccccc2C)C(=O)O)c1. The lowest BCUT2D eigenvalue weighted by Gasteiger charge is -2.26. The van der Waals surface area contributed by atoms with E-state index >= 15 is 0 Å². The number of hydrogen-bond acceptors (Lipinski definition) is 1.